The number of rotatable bonds is 3. The Morgan fingerprint density at radius 3 is 2.64 bits per heavy atom. The van der Waals surface area contributed by atoms with Gasteiger partial charge in [-0.3, -0.25) is 0 Å². The molecule has 0 amide bonds. The fraction of sp³-hybridized carbons (Fsp3) is 0.333. The van der Waals surface area contributed by atoms with Crippen LogP contribution in [-0.2, 0) is 0 Å². The number of hydrogen-bond donors (Lipinski definition) is 3. The van der Waals surface area contributed by atoms with E-state index in [-0.39, 0.29) is 5.02 Å². The molecule has 5 heteroatoms. The molecule has 14 heavy (non-hydrogen) atoms. The highest BCUT2D eigenvalue weighted by molar-refractivity contribution is 6.30. The Hall–Kier alpha value is -0.680. The number of hydrogen-bond acceptors (Lipinski definition) is 3. The molecule has 3 nitrogen and oxygen atoms in total. The molecular formula is C9H11ClFNO2. The lowest BCUT2D eigenvalue weighted by Gasteiger charge is -2.16. The van der Waals surface area contributed by atoms with E-state index in [0.29, 0.717) is 5.56 Å². The first-order chi connectivity index (χ1) is 6.56. The van der Waals surface area contributed by atoms with E-state index in [1.807, 2.05) is 0 Å². The number of benzene rings is 1. The van der Waals surface area contributed by atoms with Gasteiger partial charge in [0, 0.05) is 0 Å². The van der Waals surface area contributed by atoms with Crippen molar-refractivity contribution in [2.24, 2.45) is 5.73 Å². The molecule has 0 aromatic heterocycles. The third-order valence-corrected chi connectivity index (χ3v) is 2.24. The minimum absolute atomic E-state index is 0.000520. The average Bonchev–Trinajstić information content (AvgIpc) is 2.20. The summed E-state index contributed by atoms with van der Waals surface area (Å²) >= 11 is 5.47. The van der Waals surface area contributed by atoms with Gasteiger partial charge in [-0.1, -0.05) is 17.7 Å². The highest BCUT2D eigenvalue weighted by atomic mass is 35.5. The lowest BCUT2D eigenvalue weighted by Crippen LogP contribution is -2.29. The molecule has 1 aromatic rings. The topological polar surface area (TPSA) is 66.5 Å². The van der Waals surface area contributed by atoms with Crippen molar-refractivity contribution in [3.8, 4) is 0 Å². The molecule has 0 saturated carbocycles. The fourth-order valence-corrected chi connectivity index (χ4v) is 1.17. The molecule has 0 radical (unpaired) electrons. The van der Waals surface area contributed by atoms with E-state index in [1.165, 1.54) is 12.1 Å². The van der Waals surface area contributed by atoms with Crippen LogP contribution in [0.15, 0.2) is 18.2 Å². The van der Waals surface area contributed by atoms with Gasteiger partial charge in [-0.05, 0) is 17.7 Å². The van der Waals surface area contributed by atoms with E-state index >= 15 is 0 Å². The Kier molecular flexibility index (Phi) is 3.83. The van der Waals surface area contributed by atoms with Crippen LogP contribution >= 0.6 is 11.6 Å². The Morgan fingerprint density at radius 1 is 1.50 bits per heavy atom. The van der Waals surface area contributed by atoms with Gasteiger partial charge in [0.1, 0.15) is 5.82 Å². The van der Waals surface area contributed by atoms with Crippen molar-refractivity contribution in [1.29, 1.82) is 0 Å². The van der Waals surface area contributed by atoms with E-state index < -0.39 is 24.6 Å². The lowest BCUT2D eigenvalue weighted by atomic mass is 10.0. The van der Waals surface area contributed by atoms with Crippen LogP contribution in [0.1, 0.15) is 11.6 Å². The van der Waals surface area contributed by atoms with Gasteiger partial charge in [0.05, 0.1) is 23.8 Å². The van der Waals surface area contributed by atoms with Crippen LogP contribution in [0, 0.1) is 5.82 Å². The van der Waals surface area contributed by atoms with E-state index in [4.69, 9.17) is 22.4 Å². The van der Waals surface area contributed by atoms with Gasteiger partial charge in [-0.15, -0.1) is 0 Å². The first kappa shape index (κ1) is 11.4. The van der Waals surface area contributed by atoms with Gasteiger partial charge < -0.3 is 15.9 Å². The molecule has 0 spiro atoms. The maximum Gasteiger partial charge on any atom is 0.142 e. The van der Waals surface area contributed by atoms with Crippen molar-refractivity contribution >= 4 is 11.6 Å². The zero-order chi connectivity index (χ0) is 10.7. The van der Waals surface area contributed by atoms with Crippen molar-refractivity contribution in [1.82, 2.24) is 0 Å². The molecule has 0 bridgehead atoms. The summed E-state index contributed by atoms with van der Waals surface area (Å²) < 4.78 is 13.0. The van der Waals surface area contributed by atoms with Crippen LogP contribution < -0.4 is 5.73 Å². The summed E-state index contributed by atoms with van der Waals surface area (Å²) in [6.45, 7) is -0.467. The largest absolute Gasteiger partial charge is 0.394 e. The Balaban J connectivity index is 2.91. The first-order valence-electron chi connectivity index (χ1n) is 4.05. The SMILES string of the molecule is N[C@@H](c1ccc(Cl)c(F)c1)[C@H](O)CO. The second kappa shape index (κ2) is 4.70. The van der Waals surface area contributed by atoms with Crippen LogP contribution in [-0.4, -0.2) is 22.9 Å². The molecule has 0 aliphatic heterocycles. The normalized spacial score (nSPS) is 15.2. The molecule has 0 saturated heterocycles. The van der Waals surface area contributed by atoms with Crippen molar-refractivity contribution in [2.75, 3.05) is 6.61 Å². The van der Waals surface area contributed by atoms with Gasteiger partial charge in [0.25, 0.3) is 0 Å². The lowest BCUT2D eigenvalue weighted by molar-refractivity contribution is 0.0740. The van der Waals surface area contributed by atoms with Crippen molar-refractivity contribution in [3.05, 3.63) is 34.6 Å². The molecule has 0 aliphatic carbocycles. The van der Waals surface area contributed by atoms with Crippen LogP contribution in [0.2, 0.25) is 5.02 Å². The van der Waals surface area contributed by atoms with Gasteiger partial charge in [0.2, 0.25) is 0 Å². The second-order valence-corrected chi connectivity index (χ2v) is 3.36. The predicted octanol–water partition coefficient (Wildman–Crippen LogP) is 0.832. The van der Waals surface area contributed by atoms with Gasteiger partial charge in [-0.2, -0.15) is 0 Å². The zero-order valence-electron chi connectivity index (χ0n) is 7.32. The summed E-state index contributed by atoms with van der Waals surface area (Å²) in [6.07, 6.45) is -1.10. The van der Waals surface area contributed by atoms with Crippen molar-refractivity contribution in [2.45, 2.75) is 12.1 Å². The van der Waals surface area contributed by atoms with Crippen LogP contribution in [0.4, 0.5) is 4.39 Å². The highest BCUT2D eigenvalue weighted by Gasteiger charge is 2.16. The molecule has 2 atom stereocenters. The van der Waals surface area contributed by atoms with Crippen molar-refractivity contribution < 1.29 is 14.6 Å². The van der Waals surface area contributed by atoms with Gasteiger partial charge in [-0.25, -0.2) is 4.39 Å². The molecular weight excluding hydrogens is 209 g/mol. The molecule has 0 fully saturated rings. The van der Waals surface area contributed by atoms with E-state index in [0.717, 1.165) is 6.07 Å². The maximum atomic E-state index is 13.0. The Labute approximate surface area is 85.9 Å². The number of aliphatic hydroxyl groups excluding tert-OH is 2. The predicted molar refractivity (Wildman–Crippen MR) is 51.4 cm³/mol. The smallest absolute Gasteiger partial charge is 0.142 e. The monoisotopic (exact) mass is 219 g/mol. The summed E-state index contributed by atoms with van der Waals surface area (Å²) in [4.78, 5) is 0. The third kappa shape index (κ3) is 2.42. The number of nitrogens with two attached hydrogens (primary N) is 1. The quantitative estimate of drug-likeness (QED) is 0.706. The number of aliphatic hydroxyl groups is 2. The first-order valence-corrected chi connectivity index (χ1v) is 4.43. The summed E-state index contributed by atoms with van der Waals surface area (Å²) in [7, 11) is 0. The van der Waals surface area contributed by atoms with Crippen LogP contribution in [0.25, 0.3) is 0 Å². The van der Waals surface area contributed by atoms with Crippen LogP contribution in [0.3, 0.4) is 0 Å². The molecule has 1 rings (SSSR count). The summed E-state index contributed by atoms with van der Waals surface area (Å²) in [6, 6.07) is 3.20. The third-order valence-electron chi connectivity index (χ3n) is 1.93. The summed E-state index contributed by atoms with van der Waals surface area (Å²) in [5.74, 6) is -0.593. The second-order valence-electron chi connectivity index (χ2n) is 2.95. The zero-order valence-corrected chi connectivity index (χ0v) is 8.08. The molecule has 1 aromatic carbocycles. The van der Waals surface area contributed by atoms with E-state index in [1.54, 1.807) is 0 Å². The number of halogens is 2. The average molecular weight is 220 g/mol. The van der Waals surface area contributed by atoms with Gasteiger partial charge in [0.15, 0.2) is 0 Å². The van der Waals surface area contributed by atoms with E-state index in [9.17, 15) is 9.50 Å². The molecule has 0 heterocycles. The highest BCUT2D eigenvalue weighted by Crippen LogP contribution is 2.20. The minimum Gasteiger partial charge on any atom is -0.394 e. The fourth-order valence-electron chi connectivity index (χ4n) is 1.06. The Bertz CT molecular complexity index is 322. The van der Waals surface area contributed by atoms with E-state index in [2.05, 4.69) is 0 Å². The molecule has 4 N–H and O–H groups in total. The molecule has 0 aliphatic rings. The minimum atomic E-state index is -1.10. The Morgan fingerprint density at radius 2 is 2.14 bits per heavy atom. The summed E-state index contributed by atoms with van der Waals surface area (Å²) in [5, 5.41) is 17.8. The van der Waals surface area contributed by atoms with Gasteiger partial charge >= 0.3 is 0 Å². The summed E-state index contributed by atoms with van der Waals surface area (Å²) in [5.41, 5.74) is 5.94. The molecule has 0 unspecified atom stereocenters. The van der Waals surface area contributed by atoms with Crippen LogP contribution in [0.5, 0.6) is 0 Å². The van der Waals surface area contributed by atoms with Crippen molar-refractivity contribution in [3.63, 3.8) is 0 Å². The maximum absolute atomic E-state index is 13.0. The molecule has 78 valence electrons. The standard InChI is InChI=1S/C9H11ClFNO2/c10-6-2-1-5(3-7(6)11)9(12)8(14)4-13/h1-3,8-9,13-14H,4,12H2/t8-,9+/m1/s1.